The summed E-state index contributed by atoms with van der Waals surface area (Å²) in [5.74, 6) is 0.0286. The molecule has 1 aliphatic rings. The monoisotopic (exact) mass is 275 g/mol. The van der Waals surface area contributed by atoms with Crippen molar-refractivity contribution in [3.05, 3.63) is 83.1 Å². The standard InChI is InChI=1S/C19H17NO/c1-14-7-9-16(10-8-14)19(21)13-17-12-11-15-5-3-4-6-18(15)20(17)2/h3-13H,1-2H3/b17-13-. The number of benzene rings is 2. The summed E-state index contributed by atoms with van der Waals surface area (Å²) in [4.78, 5) is 14.4. The van der Waals surface area contributed by atoms with Crippen LogP contribution in [0.3, 0.4) is 0 Å². The van der Waals surface area contributed by atoms with Gasteiger partial charge < -0.3 is 4.90 Å². The van der Waals surface area contributed by atoms with Gasteiger partial charge in [-0.05, 0) is 24.6 Å². The molecule has 2 aromatic carbocycles. The van der Waals surface area contributed by atoms with E-state index in [0.29, 0.717) is 5.56 Å². The zero-order valence-corrected chi connectivity index (χ0v) is 12.2. The van der Waals surface area contributed by atoms with Crippen molar-refractivity contribution < 1.29 is 4.79 Å². The number of hydrogen-bond acceptors (Lipinski definition) is 2. The van der Waals surface area contributed by atoms with Gasteiger partial charge in [0.2, 0.25) is 0 Å². The zero-order chi connectivity index (χ0) is 14.8. The van der Waals surface area contributed by atoms with E-state index in [4.69, 9.17) is 0 Å². The first-order chi connectivity index (χ1) is 10.1. The Balaban J connectivity index is 1.91. The number of allylic oxidation sites excluding steroid dienone is 2. The minimum absolute atomic E-state index is 0.0286. The van der Waals surface area contributed by atoms with Gasteiger partial charge in [-0.25, -0.2) is 0 Å². The van der Waals surface area contributed by atoms with Gasteiger partial charge in [0, 0.05) is 30.1 Å². The maximum absolute atomic E-state index is 12.3. The van der Waals surface area contributed by atoms with Crippen LogP contribution in [0.15, 0.2) is 66.4 Å². The maximum atomic E-state index is 12.3. The Hall–Kier alpha value is -2.61. The number of carbonyl (C=O) groups is 1. The fraction of sp³-hybridized carbons (Fsp3) is 0.105. The molecule has 1 aliphatic heterocycles. The largest absolute Gasteiger partial charge is 0.344 e. The molecule has 2 heteroatoms. The van der Waals surface area contributed by atoms with Crippen molar-refractivity contribution in [1.82, 2.24) is 0 Å². The fourth-order valence-electron chi connectivity index (χ4n) is 2.44. The van der Waals surface area contributed by atoms with Crippen LogP contribution in [0, 0.1) is 6.92 Å². The second-order valence-electron chi connectivity index (χ2n) is 5.25. The van der Waals surface area contributed by atoms with E-state index in [1.807, 2.05) is 67.4 Å². The Bertz CT molecular complexity index is 738. The van der Waals surface area contributed by atoms with Gasteiger partial charge in [0.25, 0.3) is 0 Å². The van der Waals surface area contributed by atoms with Crippen LogP contribution in [0.25, 0.3) is 6.08 Å². The first-order valence-electron chi connectivity index (χ1n) is 6.99. The lowest BCUT2D eigenvalue weighted by atomic mass is 10.0. The molecule has 0 aliphatic carbocycles. The maximum Gasteiger partial charge on any atom is 0.187 e. The van der Waals surface area contributed by atoms with Crippen molar-refractivity contribution in [2.45, 2.75) is 6.92 Å². The number of nitrogens with zero attached hydrogens (tertiary/aromatic N) is 1. The summed E-state index contributed by atoms with van der Waals surface area (Å²) >= 11 is 0. The van der Waals surface area contributed by atoms with Crippen LogP contribution in [0.2, 0.25) is 0 Å². The van der Waals surface area contributed by atoms with Crippen molar-refractivity contribution >= 4 is 17.5 Å². The van der Waals surface area contributed by atoms with Crippen molar-refractivity contribution in [2.75, 3.05) is 11.9 Å². The average molecular weight is 275 g/mol. The van der Waals surface area contributed by atoms with Crippen molar-refractivity contribution in [1.29, 1.82) is 0 Å². The fourth-order valence-corrected chi connectivity index (χ4v) is 2.44. The highest BCUT2D eigenvalue weighted by Gasteiger charge is 2.14. The molecule has 104 valence electrons. The van der Waals surface area contributed by atoms with Gasteiger partial charge in [-0.15, -0.1) is 0 Å². The van der Waals surface area contributed by atoms with Gasteiger partial charge in [0.05, 0.1) is 0 Å². The van der Waals surface area contributed by atoms with Crippen LogP contribution in [-0.4, -0.2) is 12.8 Å². The number of carbonyl (C=O) groups excluding carboxylic acids is 1. The van der Waals surface area contributed by atoms with E-state index >= 15 is 0 Å². The van der Waals surface area contributed by atoms with Crippen molar-refractivity contribution in [3.8, 4) is 0 Å². The van der Waals surface area contributed by atoms with Crippen LogP contribution in [0.1, 0.15) is 21.5 Å². The number of rotatable bonds is 2. The van der Waals surface area contributed by atoms with Crippen LogP contribution in [0.5, 0.6) is 0 Å². The smallest absolute Gasteiger partial charge is 0.187 e. The molecule has 0 spiro atoms. The molecular weight excluding hydrogens is 258 g/mol. The lowest BCUT2D eigenvalue weighted by Crippen LogP contribution is -2.19. The van der Waals surface area contributed by atoms with Crippen molar-refractivity contribution in [2.24, 2.45) is 0 Å². The molecule has 2 aromatic rings. The van der Waals surface area contributed by atoms with Gasteiger partial charge in [-0.2, -0.15) is 0 Å². The first kappa shape index (κ1) is 13.4. The highest BCUT2D eigenvalue weighted by atomic mass is 16.1. The molecule has 0 radical (unpaired) electrons. The Morgan fingerprint density at radius 2 is 1.71 bits per heavy atom. The zero-order valence-electron chi connectivity index (χ0n) is 12.2. The molecule has 0 saturated carbocycles. The molecule has 0 N–H and O–H groups in total. The van der Waals surface area contributed by atoms with Gasteiger partial charge >= 0.3 is 0 Å². The van der Waals surface area contributed by atoms with Gasteiger partial charge in [-0.3, -0.25) is 4.79 Å². The predicted octanol–water partition coefficient (Wildman–Crippen LogP) is 4.22. The van der Waals surface area contributed by atoms with Crippen LogP contribution < -0.4 is 4.90 Å². The number of para-hydroxylation sites is 1. The average Bonchev–Trinajstić information content (AvgIpc) is 2.51. The summed E-state index contributed by atoms with van der Waals surface area (Å²) in [6, 6.07) is 15.8. The second kappa shape index (κ2) is 5.41. The third-order valence-corrected chi connectivity index (χ3v) is 3.73. The van der Waals surface area contributed by atoms with Gasteiger partial charge in [0.1, 0.15) is 0 Å². The Morgan fingerprint density at radius 1 is 1.00 bits per heavy atom. The lowest BCUT2D eigenvalue weighted by Gasteiger charge is -2.26. The highest BCUT2D eigenvalue weighted by molar-refractivity contribution is 6.05. The summed E-state index contributed by atoms with van der Waals surface area (Å²) in [6.07, 6.45) is 5.72. The summed E-state index contributed by atoms with van der Waals surface area (Å²) in [7, 11) is 1.98. The number of aryl methyl sites for hydroxylation is 1. The van der Waals surface area contributed by atoms with Crippen LogP contribution >= 0.6 is 0 Å². The second-order valence-corrected chi connectivity index (χ2v) is 5.25. The molecule has 0 atom stereocenters. The van der Waals surface area contributed by atoms with Crippen LogP contribution in [0.4, 0.5) is 5.69 Å². The number of likely N-dealkylation sites (N-methyl/N-ethyl adjacent to an activating group) is 1. The van der Waals surface area contributed by atoms with E-state index in [9.17, 15) is 4.79 Å². The van der Waals surface area contributed by atoms with E-state index in [1.54, 1.807) is 6.08 Å². The number of fused-ring (bicyclic) bond motifs is 1. The number of ketones is 1. The number of anilines is 1. The molecule has 1 heterocycles. The molecule has 0 bridgehead atoms. The quantitative estimate of drug-likeness (QED) is 0.604. The van der Waals surface area contributed by atoms with E-state index < -0.39 is 0 Å². The minimum Gasteiger partial charge on any atom is -0.344 e. The molecule has 21 heavy (non-hydrogen) atoms. The SMILES string of the molecule is Cc1ccc(C(=O)/C=C2/C=Cc3ccccc3N2C)cc1. The number of hydrogen-bond donors (Lipinski definition) is 0. The first-order valence-corrected chi connectivity index (χ1v) is 6.99. The summed E-state index contributed by atoms with van der Waals surface area (Å²) in [5.41, 5.74) is 5.05. The Morgan fingerprint density at radius 3 is 2.48 bits per heavy atom. The molecule has 0 unspecified atom stereocenters. The lowest BCUT2D eigenvalue weighted by molar-refractivity contribution is 0.104. The molecule has 2 nitrogen and oxygen atoms in total. The normalized spacial score (nSPS) is 15.1. The van der Waals surface area contributed by atoms with E-state index in [1.165, 1.54) is 5.56 Å². The molecule has 0 fully saturated rings. The van der Waals surface area contributed by atoms with Crippen LogP contribution in [-0.2, 0) is 0 Å². The van der Waals surface area contributed by atoms with Gasteiger partial charge in [-0.1, -0.05) is 54.1 Å². The molecule has 0 amide bonds. The Labute approximate surface area is 125 Å². The topological polar surface area (TPSA) is 20.3 Å². The third kappa shape index (κ3) is 2.65. The van der Waals surface area contributed by atoms with E-state index in [-0.39, 0.29) is 5.78 Å². The third-order valence-electron chi connectivity index (χ3n) is 3.73. The Kier molecular flexibility index (Phi) is 3.44. The summed E-state index contributed by atoms with van der Waals surface area (Å²) in [6.45, 7) is 2.02. The van der Waals surface area contributed by atoms with E-state index in [0.717, 1.165) is 16.9 Å². The molecule has 3 rings (SSSR count). The molecule has 0 aromatic heterocycles. The highest BCUT2D eigenvalue weighted by Crippen LogP contribution is 2.29. The summed E-state index contributed by atoms with van der Waals surface area (Å²) in [5, 5.41) is 0. The summed E-state index contributed by atoms with van der Waals surface area (Å²) < 4.78 is 0. The molecule has 0 saturated heterocycles. The minimum atomic E-state index is 0.0286. The van der Waals surface area contributed by atoms with Gasteiger partial charge in [0.15, 0.2) is 5.78 Å². The van der Waals surface area contributed by atoms with Crippen molar-refractivity contribution in [3.63, 3.8) is 0 Å². The van der Waals surface area contributed by atoms with E-state index in [2.05, 4.69) is 12.1 Å². The molecular formula is C19H17NO. The predicted molar refractivity (Wildman–Crippen MR) is 87.5 cm³/mol.